The van der Waals surface area contributed by atoms with E-state index in [1.54, 1.807) is 0 Å². The molecule has 6 nitrogen and oxygen atoms in total. The Labute approximate surface area is 133 Å². The fourth-order valence-electron chi connectivity index (χ4n) is 3.04. The van der Waals surface area contributed by atoms with E-state index < -0.39 is 0 Å². The van der Waals surface area contributed by atoms with Gasteiger partial charge >= 0.3 is 0 Å². The minimum absolute atomic E-state index is 0.0537. The van der Waals surface area contributed by atoms with E-state index in [9.17, 15) is 4.79 Å². The van der Waals surface area contributed by atoms with Crippen LogP contribution in [-0.4, -0.2) is 74.5 Å². The molecule has 0 aromatic carbocycles. The first-order valence-corrected chi connectivity index (χ1v) is 8.55. The summed E-state index contributed by atoms with van der Waals surface area (Å²) < 4.78 is 11.1. The summed E-state index contributed by atoms with van der Waals surface area (Å²) in [6.45, 7) is 11.3. The lowest BCUT2D eigenvalue weighted by atomic mass is 10.0. The van der Waals surface area contributed by atoms with E-state index in [4.69, 9.17) is 9.47 Å². The smallest absolute Gasteiger partial charge is 0.240 e. The molecule has 2 rings (SSSR count). The molecule has 0 aromatic rings. The van der Waals surface area contributed by atoms with Crippen molar-refractivity contribution in [2.24, 2.45) is 0 Å². The molecule has 2 N–H and O–H groups in total. The van der Waals surface area contributed by atoms with Crippen molar-refractivity contribution in [3.05, 3.63) is 0 Å². The second-order valence-corrected chi connectivity index (χ2v) is 6.55. The van der Waals surface area contributed by atoms with E-state index in [0.717, 1.165) is 45.6 Å². The number of nitrogens with one attached hydrogen (secondary N) is 2. The van der Waals surface area contributed by atoms with E-state index >= 15 is 0 Å². The Hall–Kier alpha value is -0.690. The standard InChI is InChI=1S/C16H31N3O3/c1-12(2)21-11-9-19-7-4-14(5-8-19)18-16(20)15-13(3)22-10-6-17-15/h12-15,17H,4-11H2,1-3H3,(H,18,20)/t13-,15+/m1/s1. The maximum absolute atomic E-state index is 12.3. The first-order valence-electron chi connectivity index (χ1n) is 8.55. The number of ether oxygens (including phenoxy) is 2. The van der Waals surface area contributed by atoms with Crippen LogP contribution in [0.15, 0.2) is 0 Å². The summed E-state index contributed by atoms with van der Waals surface area (Å²) in [5, 5.41) is 6.42. The van der Waals surface area contributed by atoms with Crippen molar-refractivity contribution in [1.29, 1.82) is 0 Å². The largest absolute Gasteiger partial charge is 0.377 e. The van der Waals surface area contributed by atoms with Gasteiger partial charge in [0.15, 0.2) is 0 Å². The van der Waals surface area contributed by atoms with Crippen LogP contribution in [-0.2, 0) is 14.3 Å². The highest BCUT2D eigenvalue weighted by atomic mass is 16.5. The van der Waals surface area contributed by atoms with Gasteiger partial charge in [0, 0.05) is 32.2 Å². The third kappa shape index (κ3) is 5.50. The number of morpholine rings is 1. The maximum Gasteiger partial charge on any atom is 0.240 e. The molecule has 2 aliphatic heterocycles. The lowest BCUT2D eigenvalue weighted by molar-refractivity contribution is -0.130. The molecule has 6 heteroatoms. The van der Waals surface area contributed by atoms with Crippen molar-refractivity contribution in [2.45, 2.75) is 57.9 Å². The summed E-state index contributed by atoms with van der Waals surface area (Å²) in [5.74, 6) is 0.0776. The SMILES string of the molecule is CC(C)OCCN1CCC(NC(=O)[C@H]2NCCO[C@@H]2C)CC1. The van der Waals surface area contributed by atoms with E-state index in [-0.39, 0.29) is 24.1 Å². The summed E-state index contributed by atoms with van der Waals surface area (Å²) >= 11 is 0. The normalized spacial score (nSPS) is 28.0. The first-order chi connectivity index (χ1) is 10.6. The lowest BCUT2D eigenvalue weighted by Gasteiger charge is -2.35. The molecule has 0 bridgehead atoms. The number of piperidine rings is 1. The molecule has 2 atom stereocenters. The molecule has 2 fully saturated rings. The summed E-state index contributed by atoms with van der Waals surface area (Å²) in [7, 11) is 0. The number of carbonyl (C=O) groups excluding carboxylic acids is 1. The molecule has 0 radical (unpaired) electrons. The van der Waals surface area contributed by atoms with Gasteiger partial charge < -0.3 is 25.0 Å². The van der Waals surface area contributed by atoms with Gasteiger partial charge in [-0.1, -0.05) is 0 Å². The van der Waals surface area contributed by atoms with E-state index in [0.29, 0.717) is 12.7 Å². The van der Waals surface area contributed by atoms with Crippen LogP contribution in [0, 0.1) is 0 Å². The Morgan fingerprint density at radius 3 is 2.77 bits per heavy atom. The second kappa shape index (κ2) is 8.82. The van der Waals surface area contributed by atoms with Crippen molar-refractivity contribution in [2.75, 3.05) is 39.4 Å². The Bertz CT molecular complexity index is 344. The Kier molecular flexibility index (Phi) is 7.08. The number of nitrogens with zero attached hydrogens (tertiary/aromatic N) is 1. The molecular weight excluding hydrogens is 282 g/mol. The van der Waals surface area contributed by atoms with Gasteiger partial charge in [-0.3, -0.25) is 4.79 Å². The minimum atomic E-state index is -0.216. The molecule has 0 spiro atoms. The van der Waals surface area contributed by atoms with Crippen LogP contribution < -0.4 is 10.6 Å². The number of likely N-dealkylation sites (tertiary alicyclic amines) is 1. The van der Waals surface area contributed by atoms with Crippen LogP contribution in [0.5, 0.6) is 0 Å². The quantitative estimate of drug-likeness (QED) is 0.742. The Morgan fingerprint density at radius 2 is 2.14 bits per heavy atom. The van der Waals surface area contributed by atoms with Crippen molar-refractivity contribution in [1.82, 2.24) is 15.5 Å². The van der Waals surface area contributed by atoms with Gasteiger partial charge in [0.25, 0.3) is 0 Å². The zero-order chi connectivity index (χ0) is 15.9. The van der Waals surface area contributed by atoms with Crippen LogP contribution in [0.1, 0.15) is 33.6 Å². The van der Waals surface area contributed by atoms with Crippen molar-refractivity contribution in [3.63, 3.8) is 0 Å². The Morgan fingerprint density at radius 1 is 1.41 bits per heavy atom. The van der Waals surface area contributed by atoms with Gasteiger partial charge in [0.2, 0.25) is 5.91 Å². The molecule has 0 unspecified atom stereocenters. The molecule has 22 heavy (non-hydrogen) atoms. The molecule has 128 valence electrons. The number of hydrogen-bond donors (Lipinski definition) is 2. The minimum Gasteiger partial charge on any atom is -0.377 e. The number of rotatable bonds is 6. The average Bonchev–Trinajstić information content (AvgIpc) is 2.49. The third-order valence-electron chi connectivity index (χ3n) is 4.39. The molecule has 0 aromatic heterocycles. The van der Waals surface area contributed by atoms with Gasteiger partial charge in [0.1, 0.15) is 6.04 Å². The van der Waals surface area contributed by atoms with Crippen molar-refractivity contribution in [3.8, 4) is 0 Å². The molecule has 2 aliphatic rings. The zero-order valence-corrected chi connectivity index (χ0v) is 14.1. The monoisotopic (exact) mass is 313 g/mol. The topological polar surface area (TPSA) is 62.8 Å². The summed E-state index contributed by atoms with van der Waals surface area (Å²) in [4.78, 5) is 14.7. The average molecular weight is 313 g/mol. The third-order valence-corrected chi connectivity index (χ3v) is 4.39. The first kappa shape index (κ1) is 17.7. The number of amides is 1. The number of carbonyl (C=O) groups is 1. The van der Waals surface area contributed by atoms with Gasteiger partial charge in [-0.15, -0.1) is 0 Å². The Balaban J connectivity index is 1.65. The van der Waals surface area contributed by atoms with Crippen LogP contribution in [0.4, 0.5) is 0 Å². The predicted molar refractivity (Wildman–Crippen MR) is 85.9 cm³/mol. The van der Waals surface area contributed by atoms with Gasteiger partial charge in [-0.25, -0.2) is 0 Å². The highest BCUT2D eigenvalue weighted by Crippen LogP contribution is 2.12. The van der Waals surface area contributed by atoms with Crippen molar-refractivity contribution < 1.29 is 14.3 Å². The summed E-state index contributed by atoms with van der Waals surface area (Å²) in [5.41, 5.74) is 0. The number of hydrogen-bond acceptors (Lipinski definition) is 5. The zero-order valence-electron chi connectivity index (χ0n) is 14.1. The van der Waals surface area contributed by atoms with E-state index in [2.05, 4.69) is 29.4 Å². The second-order valence-electron chi connectivity index (χ2n) is 6.55. The fraction of sp³-hybridized carbons (Fsp3) is 0.938. The highest BCUT2D eigenvalue weighted by Gasteiger charge is 2.30. The molecular formula is C16H31N3O3. The molecule has 1 amide bonds. The highest BCUT2D eigenvalue weighted by molar-refractivity contribution is 5.82. The lowest BCUT2D eigenvalue weighted by Crippen LogP contribution is -2.58. The molecule has 2 heterocycles. The molecule has 0 saturated carbocycles. The summed E-state index contributed by atoms with van der Waals surface area (Å²) in [6.07, 6.45) is 2.26. The van der Waals surface area contributed by atoms with E-state index in [1.165, 1.54) is 0 Å². The van der Waals surface area contributed by atoms with Crippen LogP contribution in [0.2, 0.25) is 0 Å². The van der Waals surface area contributed by atoms with Crippen LogP contribution in [0.3, 0.4) is 0 Å². The maximum atomic E-state index is 12.3. The van der Waals surface area contributed by atoms with Gasteiger partial charge in [0.05, 0.1) is 25.4 Å². The molecule has 0 aliphatic carbocycles. The van der Waals surface area contributed by atoms with Crippen LogP contribution in [0.25, 0.3) is 0 Å². The van der Waals surface area contributed by atoms with Gasteiger partial charge in [-0.2, -0.15) is 0 Å². The van der Waals surface area contributed by atoms with E-state index in [1.807, 2.05) is 6.92 Å². The van der Waals surface area contributed by atoms with Gasteiger partial charge in [-0.05, 0) is 33.6 Å². The molecule has 2 saturated heterocycles. The van der Waals surface area contributed by atoms with Crippen LogP contribution >= 0.6 is 0 Å². The predicted octanol–water partition coefficient (Wildman–Crippen LogP) is 0.369. The van der Waals surface area contributed by atoms with Crippen molar-refractivity contribution >= 4 is 5.91 Å². The fourth-order valence-corrected chi connectivity index (χ4v) is 3.04. The summed E-state index contributed by atoms with van der Waals surface area (Å²) in [6, 6.07) is 0.0666.